The average Bonchev–Trinajstić information content (AvgIpc) is 3.03. The van der Waals surface area contributed by atoms with Gasteiger partial charge in [-0.3, -0.25) is 27.5 Å². The average molecular weight is 518 g/mol. The van der Waals surface area contributed by atoms with Crippen LogP contribution in [0.15, 0.2) is 21.9 Å². The summed E-state index contributed by atoms with van der Waals surface area (Å²) in [7, 11) is -17.5. The number of hydrogen-bond donors (Lipinski definition) is 1. The van der Waals surface area contributed by atoms with Crippen LogP contribution in [0.3, 0.4) is 0 Å². The summed E-state index contributed by atoms with van der Waals surface area (Å²) in [5.41, 5.74) is -1.39. The van der Waals surface area contributed by atoms with Gasteiger partial charge in [-0.25, -0.2) is 4.79 Å². The Morgan fingerprint density at radius 3 is 2.34 bits per heavy atom. The molecule has 0 bridgehead atoms. The van der Waals surface area contributed by atoms with Crippen LogP contribution in [-0.2, 0) is 36.5 Å². The lowest BCUT2D eigenvalue weighted by molar-refractivity contribution is -0.339. The van der Waals surface area contributed by atoms with E-state index in [9.17, 15) is 42.9 Å². The molecule has 1 saturated carbocycles. The normalized spacial score (nSPS) is 31.1. The van der Waals surface area contributed by atoms with Gasteiger partial charge in [0, 0.05) is 12.3 Å². The fourth-order valence-corrected chi connectivity index (χ4v) is 6.68. The van der Waals surface area contributed by atoms with Crippen molar-refractivity contribution in [1.29, 1.82) is 0 Å². The van der Waals surface area contributed by atoms with Gasteiger partial charge >= 0.3 is 5.69 Å². The molecule has 1 aromatic heterocycles. The quantitative estimate of drug-likeness (QED) is 0.342. The van der Waals surface area contributed by atoms with Crippen molar-refractivity contribution in [2.45, 2.75) is 50.4 Å². The van der Waals surface area contributed by atoms with E-state index in [0.717, 1.165) is 10.6 Å². The Kier molecular flexibility index (Phi) is 6.93. The van der Waals surface area contributed by atoms with E-state index in [4.69, 9.17) is 14.2 Å². The predicted octanol–water partition coefficient (Wildman–Crippen LogP) is -2.77. The van der Waals surface area contributed by atoms with E-state index in [2.05, 4.69) is 13.6 Å². The van der Waals surface area contributed by atoms with E-state index in [1.165, 1.54) is 6.20 Å². The van der Waals surface area contributed by atoms with Gasteiger partial charge < -0.3 is 42.9 Å². The molecule has 32 heavy (non-hydrogen) atoms. The fraction of sp³-hybridized carbons (Fsp3) is 0.692. The zero-order valence-corrected chi connectivity index (χ0v) is 19.1. The van der Waals surface area contributed by atoms with Crippen LogP contribution in [0.2, 0.25) is 0 Å². The van der Waals surface area contributed by atoms with Crippen molar-refractivity contribution >= 4 is 23.2 Å². The second-order valence-corrected chi connectivity index (χ2v) is 12.0. The summed E-state index contributed by atoms with van der Waals surface area (Å²) in [4.78, 5) is 69.6. The van der Waals surface area contributed by atoms with E-state index >= 15 is 0 Å². The minimum Gasteiger partial charge on any atom is -0.790 e. The monoisotopic (exact) mass is 518 g/mol. The molecule has 3 rings (SSSR count). The Balaban J connectivity index is 1.75. The summed E-state index contributed by atoms with van der Waals surface area (Å²) in [6.07, 6.45) is -2.93. The second-order valence-electron chi connectivity index (χ2n) is 7.39. The van der Waals surface area contributed by atoms with Gasteiger partial charge in [-0.15, -0.1) is 0 Å². The lowest BCUT2D eigenvalue weighted by atomic mass is 10.2. The molecule has 6 atom stereocenters. The molecule has 19 heteroatoms. The molecule has 1 aliphatic carbocycles. The summed E-state index contributed by atoms with van der Waals surface area (Å²) in [5, 5.41) is 0. The van der Waals surface area contributed by atoms with Crippen molar-refractivity contribution < 1.29 is 56.1 Å². The smallest absolute Gasteiger partial charge is 0.328 e. The van der Waals surface area contributed by atoms with E-state index in [1.807, 2.05) is 0 Å². The minimum atomic E-state index is -6.09. The molecule has 0 spiro atoms. The second kappa shape index (κ2) is 8.66. The Morgan fingerprint density at radius 2 is 1.75 bits per heavy atom. The van der Waals surface area contributed by atoms with Gasteiger partial charge in [-0.2, -0.15) is 0 Å². The topological polar surface area (TPSA) is 244 Å². The molecular formula is C13H17N2O14P3-4. The van der Waals surface area contributed by atoms with Gasteiger partial charge in [-0.1, -0.05) is 0 Å². The van der Waals surface area contributed by atoms with Crippen molar-refractivity contribution in [2.75, 3.05) is 6.35 Å². The molecule has 2 heterocycles. The zero-order valence-electron chi connectivity index (χ0n) is 16.4. The first-order valence-electron chi connectivity index (χ1n) is 8.82. The lowest BCUT2D eigenvalue weighted by Gasteiger charge is -2.38. The van der Waals surface area contributed by atoms with Crippen LogP contribution in [0.4, 0.5) is 0 Å². The van der Waals surface area contributed by atoms with Crippen LogP contribution < -0.4 is 30.8 Å². The first kappa shape index (κ1) is 25.6. The van der Waals surface area contributed by atoms with Crippen LogP contribution in [0.5, 0.6) is 0 Å². The molecule has 0 amide bonds. The van der Waals surface area contributed by atoms with Crippen LogP contribution in [0.25, 0.3) is 0 Å². The first-order chi connectivity index (χ1) is 14.5. The number of hydrogen-bond acceptors (Lipinski definition) is 14. The number of phosphoric acid groups is 2. The third-order valence-corrected chi connectivity index (χ3v) is 8.32. The number of nitrogens with zero attached hydrogens (tertiary/aromatic N) is 1. The van der Waals surface area contributed by atoms with Crippen molar-refractivity contribution in [3.63, 3.8) is 0 Å². The van der Waals surface area contributed by atoms with Crippen LogP contribution >= 0.6 is 23.2 Å². The molecule has 1 aromatic rings. The summed E-state index contributed by atoms with van der Waals surface area (Å²) >= 11 is 0. The highest BCUT2D eigenvalue weighted by Gasteiger charge is 2.55. The Morgan fingerprint density at radius 1 is 1.12 bits per heavy atom. The third-order valence-electron chi connectivity index (χ3n) is 4.46. The highest BCUT2D eigenvalue weighted by atomic mass is 31.3. The van der Waals surface area contributed by atoms with Crippen LogP contribution in [-0.4, -0.2) is 40.0 Å². The van der Waals surface area contributed by atoms with E-state index in [-0.39, 0.29) is 6.42 Å². The van der Waals surface area contributed by atoms with E-state index in [1.54, 1.807) is 13.8 Å². The Bertz CT molecular complexity index is 1120. The molecule has 182 valence electrons. The molecule has 2 aliphatic rings. The van der Waals surface area contributed by atoms with Gasteiger partial charge in [0.25, 0.3) is 13.4 Å². The maximum absolute atomic E-state index is 12.2. The number of nitrogens with one attached hydrogen (secondary N) is 1. The number of fused-ring (bicyclic) bond motifs is 1. The van der Waals surface area contributed by atoms with Crippen molar-refractivity contribution in [3.8, 4) is 0 Å². The maximum Gasteiger partial charge on any atom is 0.328 e. The number of aromatic nitrogens is 2. The molecule has 1 N–H and O–H groups in total. The van der Waals surface area contributed by atoms with Crippen molar-refractivity contribution in [1.82, 2.24) is 9.55 Å². The summed E-state index contributed by atoms with van der Waals surface area (Å²) in [6, 6.07) is 0.352. The SMILES string of the molecule is CC1(C)OC2C(O1)[C@H](n1ccc(=O)[nH]c1=O)C[C@@H]2OCP(=O)([O-])OP(=O)([O-])OP(=O)([O-])[O-]. The van der Waals surface area contributed by atoms with Gasteiger partial charge in [0.15, 0.2) is 13.4 Å². The highest BCUT2D eigenvalue weighted by Crippen LogP contribution is 2.60. The number of aromatic amines is 1. The largest absolute Gasteiger partial charge is 0.790 e. The van der Waals surface area contributed by atoms with Crippen LogP contribution in [0, 0.1) is 0 Å². The first-order valence-corrected chi connectivity index (χ1v) is 13.5. The standard InChI is InChI=1S/C13H21N2O14P3/c1-13(2)26-10-7(15-4-3-9(16)14-12(15)17)5-8(11(10)27-13)25-6-30(18,19)28-32(23,24)29-31(20,21)22/h3-4,7-8,10-11H,5-6H2,1-2H3,(H,18,19)(H,23,24)(H,14,16,17)(H2,20,21,22)/p-4/t7-,8+,10?,11?/m1/s1. The molecule has 1 aliphatic heterocycles. The van der Waals surface area contributed by atoms with Crippen LogP contribution in [0.1, 0.15) is 26.3 Å². The predicted molar refractivity (Wildman–Crippen MR) is 93.5 cm³/mol. The van der Waals surface area contributed by atoms with Gasteiger partial charge in [0.2, 0.25) is 0 Å². The van der Waals surface area contributed by atoms with Gasteiger partial charge in [-0.05, 0) is 20.3 Å². The summed E-state index contributed by atoms with van der Waals surface area (Å²) < 4.78 is 58.3. The van der Waals surface area contributed by atoms with Crippen molar-refractivity contribution in [2.24, 2.45) is 0 Å². The molecule has 16 nitrogen and oxygen atoms in total. The zero-order chi connectivity index (χ0) is 24.1. The number of ether oxygens (including phenoxy) is 3. The van der Waals surface area contributed by atoms with E-state index in [0.29, 0.717) is 0 Å². The molecule has 0 radical (unpaired) electrons. The highest BCUT2D eigenvalue weighted by molar-refractivity contribution is 7.66. The summed E-state index contributed by atoms with van der Waals surface area (Å²) in [6.45, 7) is 3.12. The summed E-state index contributed by atoms with van der Waals surface area (Å²) in [5.74, 6) is -1.14. The molecule has 0 aromatic carbocycles. The minimum absolute atomic E-state index is 0.0424. The fourth-order valence-electron chi connectivity index (χ4n) is 3.53. The third kappa shape index (κ3) is 6.32. The number of H-pyrrole nitrogens is 1. The maximum atomic E-state index is 12.2. The van der Waals surface area contributed by atoms with Gasteiger partial charge in [0.05, 0.1) is 20.0 Å². The van der Waals surface area contributed by atoms with Gasteiger partial charge in [0.1, 0.15) is 18.6 Å². The molecule has 4 unspecified atom stereocenters. The number of rotatable bonds is 8. The molecule has 1 saturated heterocycles. The molecular weight excluding hydrogens is 501 g/mol. The Labute approximate surface area is 179 Å². The lowest BCUT2D eigenvalue weighted by Crippen LogP contribution is -2.36. The molecule has 2 fully saturated rings. The van der Waals surface area contributed by atoms with Crippen molar-refractivity contribution in [3.05, 3.63) is 33.1 Å². The Hall–Kier alpha value is -0.990. The van der Waals surface area contributed by atoms with E-state index < -0.39 is 71.0 Å².